The van der Waals surface area contributed by atoms with E-state index in [0.717, 1.165) is 17.8 Å². The Balaban J connectivity index is 2.16. The highest BCUT2D eigenvalue weighted by Crippen LogP contribution is 2.22. The van der Waals surface area contributed by atoms with Crippen molar-refractivity contribution in [2.75, 3.05) is 11.9 Å². The molecule has 0 spiro atoms. The second-order valence-electron chi connectivity index (χ2n) is 4.43. The van der Waals surface area contributed by atoms with Crippen molar-refractivity contribution in [3.05, 3.63) is 59.4 Å². The van der Waals surface area contributed by atoms with Gasteiger partial charge in [0.25, 0.3) is 0 Å². The third-order valence-electron chi connectivity index (χ3n) is 2.95. The highest BCUT2D eigenvalue weighted by atomic mass is 35.5. The number of aromatic nitrogens is 1. The van der Waals surface area contributed by atoms with Gasteiger partial charge in [0.05, 0.1) is 12.2 Å². The number of pyridine rings is 1. The predicted octanol–water partition coefficient (Wildman–Crippen LogP) is 3.77. The minimum Gasteiger partial charge on any atom is -0.368 e. The number of aryl methyl sites for hydroxylation is 1. The summed E-state index contributed by atoms with van der Waals surface area (Å²) in [4.78, 5) is 6.55. The Kier molecular flexibility index (Phi) is 4.21. The number of nitrogens with zero attached hydrogens (tertiary/aromatic N) is 2. The van der Waals surface area contributed by atoms with Crippen LogP contribution in [0.5, 0.6) is 0 Å². The molecule has 94 valence electrons. The van der Waals surface area contributed by atoms with Crippen LogP contribution in [0.3, 0.4) is 0 Å². The van der Waals surface area contributed by atoms with Crippen LogP contribution in [0, 0.1) is 6.92 Å². The lowest BCUT2D eigenvalue weighted by atomic mass is 10.1. The summed E-state index contributed by atoms with van der Waals surface area (Å²) in [6, 6.07) is 12.3. The number of benzene rings is 1. The fourth-order valence-electron chi connectivity index (χ4n) is 2.05. The average Bonchev–Trinajstić information content (AvgIpc) is 2.39. The lowest BCUT2D eigenvalue weighted by Crippen LogP contribution is -2.18. The van der Waals surface area contributed by atoms with E-state index in [9.17, 15) is 0 Å². The van der Waals surface area contributed by atoms with Gasteiger partial charge in [-0.1, -0.05) is 18.2 Å². The minimum absolute atomic E-state index is 0.561. The Hall–Kier alpha value is -1.54. The molecule has 0 saturated heterocycles. The topological polar surface area (TPSA) is 16.1 Å². The summed E-state index contributed by atoms with van der Waals surface area (Å²) < 4.78 is 0. The van der Waals surface area contributed by atoms with Gasteiger partial charge in [-0.3, -0.25) is 4.98 Å². The van der Waals surface area contributed by atoms with Crippen molar-refractivity contribution in [1.82, 2.24) is 4.98 Å². The van der Waals surface area contributed by atoms with E-state index in [0.29, 0.717) is 5.88 Å². The summed E-state index contributed by atoms with van der Waals surface area (Å²) in [6.45, 7) is 2.92. The standard InChI is InChI=1S/C15H17ClN2/c1-12-9-13(10-16)6-7-15(12)18(2)11-14-5-3-4-8-17-14/h3-9H,10-11H2,1-2H3. The number of rotatable bonds is 4. The Morgan fingerprint density at radius 2 is 2.06 bits per heavy atom. The maximum Gasteiger partial charge on any atom is 0.0598 e. The maximum absolute atomic E-state index is 5.84. The molecule has 2 rings (SSSR count). The molecule has 0 unspecified atom stereocenters. The average molecular weight is 261 g/mol. The normalized spacial score (nSPS) is 10.4. The Labute approximate surface area is 113 Å². The van der Waals surface area contributed by atoms with Crippen LogP contribution in [0.15, 0.2) is 42.6 Å². The third-order valence-corrected chi connectivity index (χ3v) is 3.26. The van der Waals surface area contributed by atoms with Crippen molar-refractivity contribution in [3.8, 4) is 0 Å². The zero-order valence-corrected chi connectivity index (χ0v) is 11.5. The van der Waals surface area contributed by atoms with Crippen molar-refractivity contribution >= 4 is 17.3 Å². The summed E-state index contributed by atoms with van der Waals surface area (Å²) in [6.07, 6.45) is 1.83. The van der Waals surface area contributed by atoms with Crippen LogP contribution in [0.4, 0.5) is 5.69 Å². The molecule has 1 aromatic heterocycles. The SMILES string of the molecule is Cc1cc(CCl)ccc1N(C)Cc1ccccn1. The molecule has 0 bridgehead atoms. The molecule has 0 amide bonds. The smallest absolute Gasteiger partial charge is 0.0598 e. The van der Waals surface area contributed by atoms with Gasteiger partial charge in [0.15, 0.2) is 0 Å². The first kappa shape index (κ1) is 12.9. The first-order chi connectivity index (χ1) is 8.70. The molecule has 0 N–H and O–H groups in total. The minimum atomic E-state index is 0.561. The molecule has 0 aliphatic rings. The van der Waals surface area contributed by atoms with Crippen molar-refractivity contribution < 1.29 is 0 Å². The zero-order valence-electron chi connectivity index (χ0n) is 10.7. The van der Waals surface area contributed by atoms with Crippen LogP contribution in [-0.2, 0) is 12.4 Å². The highest BCUT2D eigenvalue weighted by molar-refractivity contribution is 6.17. The van der Waals surface area contributed by atoms with Crippen molar-refractivity contribution in [1.29, 1.82) is 0 Å². The van der Waals surface area contributed by atoms with E-state index in [2.05, 4.69) is 42.1 Å². The Morgan fingerprint density at radius 1 is 1.22 bits per heavy atom. The lowest BCUT2D eigenvalue weighted by molar-refractivity contribution is 0.880. The van der Waals surface area contributed by atoms with E-state index >= 15 is 0 Å². The fraction of sp³-hybridized carbons (Fsp3) is 0.267. The van der Waals surface area contributed by atoms with Crippen LogP contribution >= 0.6 is 11.6 Å². The summed E-state index contributed by atoms with van der Waals surface area (Å²) in [5.41, 5.74) is 4.69. The van der Waals surface area contributed by atoms with Crippen molar-refractivity contribution in [2.45, 2.75) is 19.3 Å². The molecule has 0 radical (unpaired) electrons. The summed E-state index contributed by atoms with van der Waals surface area (Å²) in [5, 5.41) is 0. The quantitative estimate of drug-likeness (QED) is 0.778. The zero-order chi connectivity index (χ0) is 13.0. The second-order valence-corrected chi connectivity index (χ2v) is 4.70. The van der Waals surface area contributed by atoms with E-state index < -0.39 is 0 Å². The number of alkyl halides is 1. The summed E-state index contributed by atoms with van der Waals surface area (Å²) in [7, 11) is 2.08. The van der Waals surface area contributed by atoms with E-state index in [1.54, 1.807) is 0 Å². The summed E-state index contributed by atoms with van der Waals surface area (Å²) >= 11 is 5.84. The molecule has 1 aromatic carbocycles. The molecule has 18 heavy (non-hydrogen) atoms. The molecule has 2 nitrogen and oxygen atoms in total. The molecule has 0 atom stereocenters. The van der Waals surface area contributed by atoms with Gasteiger partial charge in [0.2, 0.25) is 0 Å². The molecular formula is C15H17ClN2. The van der Waals surface area contributed by atoms with E-state index in [4.69, 9.17) is 11.6 Å². The van der Waals surface area contributed by atoms with Gasteiger partial charge >= 0.3 is 0 Å². The number of hydrogen-bond acceptors (Lipinski definition) is 2. The predicted molar refractivity (Wildman–Crippen MR) is 77.1 cm³/mol. The highest BCUT2D eigenvalue weighted by Gasteiger charge is 2.06. The number of anilines is 1. The molecule has 0 aliphatic carbocycles. The Bertz CT molecular complexity index is 511. The Morgan fingerprint density at radius 3 is 2.67 bits per heavy atom. The van der Waals surface area contributed by atoms with E-state index in [-0.39, 0.29) is 0 Å². The fourth-order valence-corrected chi connectivity index (χ4v) is 2.22. The van der Waals surface area contributed by atoms with Gasteiger partial charge in [0.1, 0.15) is 0 Å². The molecular weight excluding hydrogens is 244 g/mol. The molecule has 0 saturated carbocycles. The van der Waals surface area contributed by atoms with Gasteiger partial charge in [-0.2, -0.15) is 0 Å². The molecule has 3 heteroatoms. The number of hydrogen-bond donors (Lipinski definition) is 0. The largest absolute Gasteiger partial charge is 0.368 e. The van der Waals surface area contributed by atoms with E-state index in [1.807, 2.05) is 24.4 Å². The van der Waals surface area contributed by atoms with Crippen LogP contribution in [0.25, 0.3) is 0 Å². The van der Waals surface area contributed by atoms with Crippen molar-refractivity contribution in [3.63, 3.8) is 0 Å². The molecule has 0 fully saturated rings. The molecule has 1 heterocycles. The van der Waals surface area contributed by atoms with E-state index in [1.165, 1.54) is 11.3 Å². The summed E-state index contributed by atoms with van der Waals surface area (Å²) in [5.74, 6) is 0.561. The van der Waals surface area contributed by atoms with Gasteiger partial charge in [-0.05, 0) is 36.2 Å². The molecule has 2 aromatic rings. The van der Waals surface area contributed by atoms with Gasteiger partial charge in [0, 0.05) is 24.8 Å². The monoisotopic (exact) mass is 260 g/mol. The van der Waals surface area contributed by atoms with Gasteiger partial charge < -0.3 is 4.90 Å². The first-order valence-electron chi connectivity index (χ1n) is 5.97. The van der Waals surface area contributed by atoms with Crippen LogP contribution < -0.4 is 4.90 Å². The molecule has 0 aliphatic heterocycles. The van der Waals surface area contributed by atoms with Crippen LogP contribution in [-0.4, -0.2) is 12.0 Å². The first-order valence-corrected chi connectivity index (χ1v) is 6.50. The number of halogens is 1. The van der Waals surface area contributed by atoms with Crippen LogP contribution in [0.1, 0.15) is 16.8 Å². The van der Waals surface area contributed by atoms with Crippen LogP contribution in [0.2, 0.25) is 0 Å². The van der Waals surface area contributed by atoms with Gasteiger partial charge in [-0.15, -0.1) is 11.6 Å². The van der Waals surface area contributed by atoms with Gasteiger partial charge in [-0.25, -0.2) is 0 Å². The van der Waals surface area contributed by atoms with Crippen molar-refractivity contribution in [2.24, 2.45) is 0 Å². The third kappa shape index (κ3) is 3.02. The maximum atomic E-state index is 5.84. The lowest BCUT2D eigenvalue weighted by Gasteiger charge is -2.21. The second kappa shape index (κ2) is 5.87.